The lowest BCUT2D eigenvalue weighted by molar-refractivity contribution is 0.0944. The Balaban J connectivity index is 0.000000265. The third-order valence-corrected chi connectivity index (χ3v) is 6.27. The van der Waals surface area contributed by atoms with Gasteiger partial charge in [0, 0.05) is 18.1 Å². The summed E-state index contributed by atoms with van der Waals surface area (Å²) in [6, 6.07) is 10.2. The van der Waals surface area contributed by atoms with E-state index >= 15 is 0 Å². The average Bonchev–Trinajstić information content (AvgIpc) is 3.58. The highest BCUT2D eigenvalue weighted by atomic mass is 35.5. The first-order chi connectivity index (χ1) is 18.0. The van der Waals surface area contributed by atoms with Crippen molar-refractivity contribution < 1.29 is 33.7 Å². The Labute approximate surface area is 218 Å². The number of hydrogen-bond donors (Lipinski definition) is 3. The van der Waals surface area contributed by atoms with Crippen molar-refractivity contribution in [1.29, 1.82) is 0 Å². The zero-order valence-electron chi connectivity index (χ0n) is 20.1. The van der Waals surface area contributed by atoms with Gasteiger partial charge in [-0.3, -0.25) is 4.79 Å². The minimum absolute atomic E-state index is 0.00190. The molecule has 0 spiro atoms. The van der Waals surface area contributed by atoms with Crippen LogP contribution in [0, 0.1) is 0 Å². The number of aliphatic hydroxyl groups is 1. The van der Waals surface area contributed by atoms with Crippen LogP contribution >= 0.6 is 11.6 Å². The van der Waals surface area contributed by atoms with Crippen LogP contribution in [0.5, 0.6) is 11.5 Å². The number of ether oxygens (including phenoxy) is 2. The number of nitrogens with one attached hydrogen (secondary N) is 1. The van der Waals surface area contributed by atoms with Crippen LogP contribution in [-0.2, 0) is 11.3 Å². The number of carbonyl (C=O) groups is 2. The number of halogens is 1. The normalized spacial score (nSPS) is 16.3. The first kappa shape index (κ1) is 26.3. The number of fused-ring (bicyclic) bond motifs is 1. The van der Waals surface area contributed by atoms with Crippen LogP contribution in [0.3, 0.4) is 0 Å². The maximum Gasteiger partial charge on any atom is 0.410 e. The first-order valence-electron chi connectivity index (χ1n) is 11.9. The fourth-order valence-corrected chi connectivity index (χ4v) is 4.24. The molecule has 3 heterocycles. The van der Waals surface area contributed by atoms with Crippen molar-refractivity contribution in [3.8, 4) is 22.8 Å². The second kappa shape index (κ2) is 12.5. The van der Waals surface area contributed by atoms with Crippen molar-refractivity contribution in [2.45, 2.75) is 31.8 Å². The van der Waals surface area contributed by atoms with Crippen LogP contribution < -0.4 is 10.1 Å². The molecule has 5 rings (SSSR count). The number of benzene rings is 2. The third-order valence-electron chi connectivity index (χ3n) is 6.02. The Hall–Kier alpha value is -3.76. The van der Waals surface area contributed by atoms with Gasteiger partial charge in [0.1, 0.15) is 24.7 Å². The van der Waals surface area contributed by atoms with Gasteiger partial charge in [0.2, 0.25) is 0 Å². The first-order valence-corrected chi connectivity index (χ1v) is 12.3. The van der Waals surface area contributed by atoms with E-state index < -0.39 is 5.91 Å². The van der Waals surface area contributed by atoms with Crippen LogP contribution in [0.1, 0.15) is 35.2 Å². The molecule has 37 heavy (non-hydrogen) atoms. The van der Waals surface area contributed by atoms with Crippen LogP contribution in [-0.4, -0.2) is 64.5 Å². The number of carbonyl (C=O) groups excluding carboxylic acids is 2. The number of hydrogen-bond acceptors (Lipinski definition) is 8. The highest BCUT2D eigenvalue weighted by Crippen LogP contribution is 2.35. The minimum atomic E-state index is -0.433. The molecule has 1 aromatic heterocycles. The Morgan fingerprint density at radius 2 is 2.05 bits per heavy atom. The summed E-state index contributed by atoms with van der Waals surface area (Å²) in [6.07, 6.45) is 6.08. The minimum Gasteiger partial charge on any atom is -0.507 e. The number of aliphatic hydroxyl groups excluding tert-OH is 1. The molecule has 3 aromatic rings. The third kappa shape index (κ3) is 6.72. The second-order valence-corrected chi connectivity index (χ2v) is 8.97. The number of phenolic OH excluding ortho intramolecular Hbond substituents is 1. The Bertz CT molecular complexity index is 1200. The van der Waals surface area contributed by atoms with E-state index in [1.54, 1.807) is 24.3 Å². The molecule has 2 aromatic carbocycles. The Morgan fingerprint density at radius 1 is 1.24 bits per heavy atom. The summed E-state index contributed by atoms with van der Waals surface area (Å²) >= 11 is 5.85. The number of oxazole rings is 1. The molecule has 3 N–H and O–H groups in total. The molecule has 1 atom stereocenters. The van der Waals surface area contributed by atoms with Crippen molar-refractivity contribution in [2.75, 3.05) is 26.4 Å². The lowest BCUT2D eigenvalue weighted by atomic mass is 10.0. The van der Waals surface area contributed by atoms with Crippen molar-refractivity contribution in [3.05, 3.63) is 65.1 Å². The van der Waals surface area contributed by atoms with E-state index in [-0.39, 0.29) is 42.9 Å². The summed E-state index contributed by atoms with van der Waals surface area (Å²) in [5, 5.41) is 22.7. The van der Waals surface area contributed by atoms with Gasteiger partial charge in [-0.25, -0.2) is 9.78 Å². The van der Waals surface area contributed by atoms with Gasteiger partial charge in [-0.05, 0) is 49.1 Å². The van der Waals surface area contributed by atoms with E-state index in [9.17, 15) is 14.7 Å². The van der Waals surface area contributed by atoms with Gasteiger partial charge in [-0.15, -0.1) is 0 Å². The number of aromatic hydroxyl groups is 1. The summed E-state index contributed by atoms with van der Waals surface area (Å²) in [4.78, 5) is 29.2. The second-order valence-electron chi connectivity index (χ2n) is 8.53. The van der Waals surface area contributed by atoms with Gasteiger partial charge < -0.3 is 34.3 Å². The largest absolute Gasteiger partial charge is 0.507 e. The number of rotatable bonds is 7. The smallest absolute Gasteiger partial charge is 0.410 e. The van der Waals surface area contributed by atoms with Gasteiger partial charge in [0.25, 0.3) is 5.91 Å². The SMILES string of the molecule is O=C(NCc1ccc(Cl)cc1)c1cc(O)c(-c2cnco2)cc1OCCO.O=C1OCC2CCCCN12. The molecule has 0 aliphatic carbocycles. The Kier molecular flexibility index (Phi) is 8.86. The summed E-state index contributed by atoms with van der Waals surface area (Å²) < 4.78 is 15.5. The lowest BCUT2D eigenvalue weighted by Crippen LogP contribution is -2.37. The molecule has 196 valence electrons. The van der Waals surface area contributed by atoms with Crippen molar-refractivity contribution in [3.63, 3.8) is 0 Å². The van der Waals surface area contributed by atoms with E-state index in [1.807, 2.05) is 4.90 Å². The molecular weight excluding hydrogens is 502 g/mol. The van der Waals surface area contributed by atoms with E-state index in [2.05, 4.69) is 10.3 Å². The predicted octanol–water partition coefficient (Wildman–Crippen LogP) is 3.99. The number of cyclic esters (lactones) is 1. The molecule has 2 saturated heterocycles. The molecule has 1 unspecified atom stereocenters. The molecule has 2 aliphatic heterocycles. The van der Waals surface area contributed by atoms with E-state index in [1.165, 1.54) is 31.1 Å². The van der Waals surface area contributed by atoms with E-state index in [0.29, 0.717) is 29.0 Å². The van der Waals surface area contributed by atoms with Crippen LogP contribution in [0.15, 0.2) is 53.4 Å². The number of nitrogens with zero attached hydrogens (tertiary/aromatic N) is 2. The van der Waals surface area contributed by atoms with Crippen molar-refractivity contribution in [2.24, 2.45) is 0 Å². The lowest BCUT2D eigenvalue weighted by Gasteiger charge is -2.25. The fourth-order valence-electron chi connectivity index (χ4n) is 4.11. The fraction of sp³-hybridized carbons (Fsp3) is 0.346. The molecule has 0 bridgehead atoms. The van der Waals surface area contributed by atoms with Crippen LogP contribution in [0.2, 0.25) is 5.02 Å². The topological polar surface area (TPSA) is 134 Å². The van der Waals surface area contributed by atoms with Gasteiger partial charge in [-0.2, -0.15) is 0 Å². The average molecular weight is 530 g/mol. The Morgan fingerprint density at radius 3 is 2.76 bits per heavy atom. The molecule has 2 aliphatic rings. The summed E-state index contributed by atoms with van der Waals surface area (Å²) in [5.74, 6) is -0.0478. The van der Waals surface area contributed by atoms with Crippen molar-refractivity contribution >= 4 is 23.6 Å². The van der Waals surface area contributed by atoms with Gasteiger partial charge >= 0.3 is 6.09 Å². The number of amides is 2. The summed E-state index contributed by atoms with van der Waals surface area (Å²) in [6.45, 7) is 1.59. The maximum absolute atomic E-state index is 12.6. The highest BCUT2D eigenvalue weighted by Gasteiger charge is 2.34. The molecule has 0 saturated carbocycles. The zero-order chi connectivity index (χ0) is 26.2. The van der Waals surface area contributed by atoms with Crippen LogP contribution in [0.4, 0.5) is 4.79 Å². The van der Waals surface area contributed by atoms with E-state index in [4.69, 9.17) is 30.6 Å². The number of aromatic nitrogens is 1. The molecular formula is C26H28ClN3O7. The molecule has 0 radical (unpaired) electrons. The summed E-state index contributed by atoms with van der Waals surface area (Å²) in [7, 11) is 0. The highest BCUT2D eigenvalue weighted by molar-refractivity contribution is 6.30. The maximum atomic E-state index is 12.6. The predicted molar refractivity (Wildman–Crippen MR) is 134 cm³/mol. The monoisotopic (exact) mass is 529 g/mol. The molecule has 11 heteroatoms. The quantitative estimate of drug-likeness (QED) is 0.418. The zero-order valence-corrected chi connectivity index (χ0v) is 20.8. The van der Waals surface area contributed by atoms with Gasteiger partial charge in [0.15, 0.2) is 12.2 Å². The standard InChI is InChI=1S/C19H17ClN2O5.C7H11NO2/c20-13-3-1-12(2-4-13)9-22-19(25)15-7-16(24)14(18-10-21-11-27-18)8-17(15)26-6-5-23;9-7-8-4-2-1-3-6(8)5-10-7/h1-4,7-8,10-11,23-24H,5-6,9H2,(H,22,25);6H,1-5H2. The molecule has 2 amide bonds. The van der Waals surface area contributed by atoms with Gasteiger partial charge in [-0.1, -0.05) is 23.7 Å². The number of phenols is 1. The van der Waals surface area contributed by atoms with Crippen LogP contribution in [0.25, 0.3) is 11.3 Å². The molecule has 10 nitrogen and oxygen atoms in total. The summed E-state index contributed by atoms with van der Waals surface area (Å²) in [5.41, 5.74) is 1.33. The van der Waals surface area contributed by atoms with Gasteiger partial charge in [0.05, 0.1) is 30.0 Å². The molecule has 2 fully saturated rings. The number of piperidine rings is 1. The van der Waals surface area contributed by atoms with E-state index in [0.717, 1.165) is 24.9 Å². The van der Waals surface area contributed by atoms with Crippen molar-refractivity contribution in [1.82, 2.24) is 15.2 Å².